The van der Waals surface area contributed by atoms with Gasteiger partial charge < -0.3 is 10.4 Å². The molecular weight excluding hydrogens is 422 g/mol. The summed E-state index contributed by atoms with van der Waals surface area (Å²) in [5.74, 6) is 2.63. The molecule has 0 aliphatic carbocycles. The van der Waals surface area contributed by atoms with Crippen molar-refractivity contribution in [1.82, 2.24) is 24.5 Å². The number of aromatic hydroxyl groups is 1. The molecule has 2 N–H and O–H groups in total. The fraction of sp³-hybridized carbons (Fsp3) is 0.261. The zero-order valence-electron chi connectivity index (χ0n) is 17.7. The molecule has 0 radical (unpaired) electrons. The molecule has 1 atom stereocenters. The van der Waals surface area contributed by atoms with E-state index >= 15 is 0 Å². The average Bonchev–Trinajstić information content (AvgIpc) is 3.34. The van der Waals surface area contributed by atoms with Crippen LogP contribution in [0.4, 0.5) is 5.82 Å². The summed E-state index contributed by atoms with van der Waals surface area (Å²) in [6.07, 6.45) is 3.88. The van der Waals surface area contributed by atoms with E-state index in [1.165, 1.54) is 6.20 Å². The van der Waals surface area contributed by atoms with Gasteiger partial charge in [-0.2, -0.15) is 5.26 Å². The van der Waals surface area contributed by atoms with Crippen LogP contribution < -0.4 is 5.32 Å². The van der Waals surface area contributed by atoms with Crippen LogP contribution in [0.2, 0.25) is 0 Å². The Morgan fingerprint density at radius 1 is 1.25 bits per heavy atom. The van der Waals surface area contributed by atoms with Gasteiger partial charge in [0.25, 0.3) is 0 Å². The lowest BCUT2D eigenvalue weighted by Crippen LogP contribution is -2.09. The Kier molecular flexibility index (Phi) is 5.15. The largest absolute Gasteiger partial charge is 0.507 e. The number of fused-ring (bicyclic) bond motifs is 3. The number of rotatable bonds is 5. The number of nitriles is 1. The first-order chi connectivity index (χ1) is 15.5. The second kappa shape index (κ2) is 8.13. The van der Waals surface area contributed by atoms with Crippen LogP contribution >= 0.6 is 11.8 Å². The lowest BCUT2D eigenvalue weighted by Gasteiger charge is -2.11. The molecule has 4 aromatic rings. The molecular formula is C23H21N7OS. The Balaban J connectivity index is 1.37. The Hall–Kier alpha value is -3.64. The molecule has 8 nitrogen and oxygen atoms in total. The van der Waals surface area contributed by atoms with E-state index in [4.69, 9.17) is 10.2 Å². The summed E-state index contributed by atoms with van der Waals surface area (Å²) in [6.45, 7) is 4.73. The van der Waals surface area contributed by atoms with E-state index in [1.807, 2.05) is 19.1 Å². The molecule has 4 heterocycles. The van der Waals surface area contributed by atoms with Gasteiger partial charge in [-0.15, -0.1) is 0 Å². The molecule has 32 heavy (non-hydrogen) atoms. The highest BCUT2D eigenvalue weighted by Crippen LogP contribution is 2.37. The second-order valence-electron chi connectivity index (χ2n) is 7.82. The van der Waals surface area contributed by atoms with Gasteiger partial charge in [0, 0.05) is 41.9 Å². The number of benzene rings is 1. The summed E-state index contributed by atoms with van der Waals surface area (Å²) in [6, 6.07) is 9.68. The molecule has 0 fully saturated rings. The summed E-state index contributed by atoms with van der Waals surface area (Å²) >= 11 is 1.75. The van der Waals surface area contributed by atoms with Crippen molar-refractivity contribution < 1.29 is 5.11 Å². The molecule has 0 saturated heterocycles. The van der Waals surface area contributed by atoms with Crippen LogP contribution in [0, 0.1) is 18.3 Å². The van der Waals surface area contributed by atoms with E-state index in [1.54, 1.807) is 30.1 Å². The molecule has 5 rings (SSSR count). The quantitative estimate of drug-likeness (QED) is 0.474. The van der Waals surface area contributed by atoms with Gasteiger partial charge in [-0.05, 0) is 44.0 Å². The molecule has 1 aliphatic rings. The molecule has 0 unspecified atom stereocenters. The predicted octanol–water partition coefficient (Wildman–Crippen LogP) is 4.10. The van der Waals surface area contributed by atoms with Crippen LogP contribution in [-0.2, 0) is 6.42 Å². The molecule has 0 bridgehead atoms. The third-order valence-electron chi connectivity index (χ3n) is 5.46. The minimum Gasteiger partial charge on any atom is -0.507 e. The van der Waals surface area contributed by atoms with Gasteiger partial charge in [-0.1, -0.05) is 17.8 Å². The van der Waals surface area contributed by atoms with Gasteiger partial charge in [0.1, 0.15) is 17.6 Å². The van der Waals surface area contributed by atoms with Gasteiger partial charge in [-0.3, -0.25) is 9.55 Å². The number of nitrogens with zero attached hydrogens (tertiary/aromatic N) is 6. The summed E-state index contributed by atoms with van der Waals surface area (Å²) < 4.78 is 2.19. The molecule has 9 heteroatoms. The molecule has 1 aliphatic heterocycles. The van der Waals surface area contributed by atoms with E-state index < -0.39 is 0 Å². The molecule has 0 saturated carbocycles. The number of anilines is 1. The highest BCUT2D eigenvalue weighted by molar-refractivity contribution is 7.99. The van der Waals surface area contributed by atoms with E-state index in [0.29, 0.717) is 35.1 Å². The molecule has 0 amide bonds. The number of nitrogens with one attached hydrogen (secondary N) is 1. The maximum Gasteiger partial charge on any atom is 0.170 e. The molecule has 3 aromatic heterocycles. The molecule has 160 valence electrons. The number of thioether (sulfide) groups is 1. The first-order valence-corrected chi connectivity index (χ1v) is 11.3. The van der Waals surface area contributed by atoms with Crippen molar-refractivity contribution in [2.45, 2.75) is 31.5 Å². The standard InChI is InChI=1S/C23H21N7OS/c1-13-12-32-23-29-20-21(27-14(2)28-22(20)30(13)23)26-6-5-15-3-4-19(31)18(8-15)17-7-16(9-24)10-25-11-17/h3-4,7-8,10-11,13,31H,5-6,12H2,1-2H3,(H,26,27,28)/t13-/m1/s1. The minimum atomic E-state index is 0.158. The molecule has 1 aromatic carbocycles. The lowest BCUT2D eigenvalue weighted by molar-refractivity contribution is 0.477. The van der Waals surface area contributed by atoms with E-state index in [-0.39, 0.29) is 5.75 Å². The Bertz CT molecular complexity index is 1380. The monoisotopic (exact) mass is 443 g/mol. The summed E-state index contributed by atoms with van der Waals surface area (Å²) in [5, 5.41) is 23.9. The van der Waals surface area contributed by atoms with Crippen molar-refractivity contribution in [1.29, 1.82) is 5.26 Å². The van der Waals surface area contributed by atoms with Crippen LogP contribution in [-0.4, -0.2) is 41.9 Å². The van der Waals surface area contributed by atoms with Gasteiger partial charge >= 0.3 is 0 Å². The topological polar surface area (TPSA) is 113 Å². The van der Waals surface area contributed by atoms with Gasteiger partial charge in [0.05, 0.1) is 5.56 Å². The zero-order chi connectivity index (χ0) is 22.2. The maximum absolute atomic E-state index is 10.3. The number of imidazole rings is 1. The zero-order valence-corrected chi connectivity index (χ0v) is 18.5. The Morgan fingerprint density at radius 3 is 2.97 bits per heavy atom. The lowest BCUT2D eigenvalue weighted by atomic mass is 10.0. The number of aryl methyl sites for hydroxylation is 1. The van der Waals surface area contributed by atoms with Crippen LogP contribution in [0.15, 0.2) is 41.8 Å². The van der Waals surface area contributed by atoms with Crippen molar-refractivity contribution in [3.8, 4) is 22.9 Å². The number of hydrogen-bond donors (Lipinski definition) is 2. The maximum atomic E-state index is 10.3. The van der Waals surface area contributed by atoms with Gasteiger partial charge in [0.15, 0.2) is 22.1 Å². The number of phenolic OH excluding ortho intramolecular Hbond substituents is 1. The third kappa shape index (κ3) is 3.63. The summed E-state index contributed by atoms with van der Waals surface area (Å²) in [4.78, 5) is 18.1. The van der Waals surface area contributed by atoms with Gasteiger partial charge in [0.2, 0.25) is 0 Å². The van der Waals surface area contributed by atoms with Crippen molar-refractivity contribution in [3.05, 3.63) is 53.6 Å². The normalized spacial score (nSPS) is 15.0. The van der Waals surface area contributed by atoms with Crippen molar-refractivity contribution in [2.24, 2.45) is 0 Å². The Morgan fingerprint density at radius 2 is 2.12 bits per heavy atom. The third-order valence-corrected chi connectivity index (χ3v) is 6.65. The van der Waals surface area contributed by atoms with E-state index in [9.17, 15) is 5.11 Å². The highest BCUT2D eigenvalue weighted by atomic mass is 32.2. The van der Waals surface area contributed by atoms with Crippen molar-refractivity contribution >= 4 is 28.7 Å². The number of hydrogen-bond acceptors (Lipinski definition) is 8. The Labute approximate surface area is 189 Å². The summed E-state index contributed by atoms with van der Waals surface area (Å²) in [7, 11) is 0. The number of pyridine rings is 1. The van der Waals surface area contributed by atoms with Gasteiger partial charge in [-0.25, -0.2) is 15.0 Å². The van der Waals surface area contributed by atoms with Crippen LogP contribution in [0.3, 0.4) is 0 Å². The van der Waals surface area contributed by atoms with E-state index in [2.05, 4.69) is 37.8 Å². The first-order valence-electron chi connectivity index (χ1n) is 10.3. The SMILES string of the molecule is Cc1nc(NCCc2ccc(O)c(-c3cncc(C#N)c3)c2)c2nc3n(c2n1)[C@H](C)CS3. The summed E-state index contributed by atoms with van der Waals surface area (Å²) in [5.41, 5.74) is 4.55. The van der Waals surface area contributed by atoms with Crippen LogP contribution in [0.5, 0.6) is 5.75 Å². The average molecular weight is 444 g/mol. The van der Waals surface area contributed by atoms with E-state index in [0.717, 1.165) is 39.9 Å². The van der Waals surface area contributed by atoms with Crippen molar-refractivity contribution in [3.63, 3.8) is 0 Å². The van der Waals surface area contributed by atoms with Crippen molar-refractivity contribution in [2.75, 3.05) is 17.6 Å². The van der Waals surface area contributed by atoms with Crippen LogP contribution in [0.1, 0.15) is 29.9 Å². The smallest absolute Gasteiger partial charge is 0.170 e. The highest BCUT2D eigenvalue weighted by Gasteiger charge is 2.26. The number of phenols is 1. The fourth-order valence-electron chi connectivity index (χ4n) is 3.90. The minimum absolute atomic E-state index is 0.158. The fourth-order valence-corrected chi connectivity index (χ4v) is 5.00. The first kappa shape index (κ1) is 20.3. The predicted molar refractivity (Wildman–Crippen MR) is 124 cm³/mol. The molecule has 0 spiro atoms. The number of aromatic nitrogens is 5. The van der Waals surface area contributed by atoms with Crippen LogP contribution in [0.25, 0.3) is 22.3 Å². The second-order valence-corrected chi connectivity index (χ2v) is 8.81.